The highest BCUT2D eigenvalue weighted by Crippen LogP contribution is 2.28. The van der Waals surface area contributed by atoms with Crippen LogP contribution in [0.5, 0.6) is 0 Å². The molecule has 26 heavy (non-hydrogen) atoms. The molecule has 1 saturated heterocycles. The van der Waals surface area contributed by atoms with Gasteiger partial charge in [0.15, 0.2) is 5.82 Å². The number of aromatic nitrogens is 5. The molecule has 1 aliphatic heterocycles. The minimum Gasteiger partial charge on any atom is -0.330 e. The van der Waals surface area contributed by atoms with Crippen molar-refractivity contribution < 1.29 is 8.42 Å². The molecule has 1 fully saturated rings. The molecule has 2 aromatic rings. The van der Waals surface area contributed by atoms with E-state index >= 15 is 0 Å². The average molecular weight is 382 g/mol. The van der Waals surface area contributed by atoms with Gasteiger partial charge in [0.1, 0.15) is 5.82 Å². The maximum absolute atomic E-state index is 12.8. The van der Waals surface area contributed by atoms with Crippen LogP contribution in [0.1, 0.15) is 44.3 Å². The first-order valence-electron chi connectivity index (χ1n) is 9.06. The summed E-state index contributed by atoms with van der Waals surface area (Å²) in [5.74, 6) is 1.74. The van der Waals surface area contributed by atoms with E-state index in [1.165, 1.54) is 4.31 Å². The molecule has 144 valence electrons. The summed E-state index contributed by atoms with van der Waals surface area (Å²) >= 11 is 0. The van der Waals surface area contributed by atoms with Crippen molar-refractivity contribution in [3.63, 3.8) is 0 Å². The second-order valence-corrected chi connectivity index (χ2v) is 8.49. The fourth-order valence-corrected chi connectivity index (χ4v) is 5.20. The van der Waals surface area contributed by atoms with Crippen LogP contribution in [0.2, 0.25) is 0 Å². The molecule has 0 bridgehead atoms. The Kier molecular flexibility index (Phi) is 5.73. The lowest BCUT2D eigenvalue weighted by atomic mass is 9.99. The Hall–Kier alpha value is -1.78. The van der Waals surface area contributed by atoms with E-state index in [9.17, 15) is 8.42 Å². The smallest absolute Gasteiger partial charge is 0.281 e. The third-order valence-corrected chi connectivity index (χ3v) is 7.14. The fourth-order valence-electron chi connectivity index (χ4n) is 3.49. The van der Waals surface area contributed by atoms with E-state index in [1.54, 1.807) is 16.8 Å². The maximum atomic E-state index is 12.8. The van der Waals surface area contributed by atoms with Crippen LogP contribution in [0, 0.1) is 0 Å². The Morgan fingerprint density at radius 3 is 2.69 bits per heavy atom. The molecule has 3 heterocycles. The Labute approximate surface area is 154 Å². The number of piperidine rings is 1. The topological polar surface area (TPSA) is 89.2 Å². The highest BCUT2D eigenvalue weighted by atomic mass is 32.2. The van der Waals surface area contributed by atoms with Gasteiger partial charge in [-0.25, -0.2) is 4.98 Å². The third kappa shape index (κ3) is 3.67. The van der Waals surface area contributed by atoms with Crippen molar-refractivity contribution in [1.29, 1.82) is 0 Å². The van der Waals surface area contributed by atoms with Gasteiger partial charge in [-0.05, 0) is 12.8 Å². The monoisotopic (exact) mass is 381 g/mol. The predicted octanol–water partition coefficient (Wildman–Crippen LogP) is 0.826. The number of nitrogens with zero attached hydrogens (tertiary/aromatic N) is 7. The minimum atomic E-state index is -3.42. The molecule has 0 N–H and O–H groups in total. The second kappa shape index (κ2) is 7.85. The van der Waals surface area contributed by atoms with Gasteiger partial charge in [0.05, 0.1) is 12.9 Å². The first-order valence-corrected chi connectivity index (χ1v) is 10.5. The molecule has 1 unspecified atom stereocenters. The molecule has 3 rings (SSSR count). The van der Waals surface area contributed by atoms with Crippen molar-refractivity contribution in [3.05, 3.63) is 30.4 Å². The number of hydrogen-bond donors (Lipinski definition) is 0. The van der Waals surface area contributed by atoms with E-state index in [-0.39, 0.29) is 5.92 Å². The molecule has 0 aromatic carbocycles. The highest BCUT2D eigenvalue weighted by Gasteiger charge is 2.34. The van der Waals surface area contributed by atoms with Gasteiger partial charge in [0.25, 0.3) is 10.2 Å². The number of hydrogen-bond acceptors (Lipinski definition) is 5. The van der Waals surface area contributed by atoms with Crippen LogP contribution < -0.4 is 0 Å². The van der Waals surface area contributed by atoms with Crippen LogP contribution in [0.4, 0.5) is 0 Å². The van der Waals surface area contributed by atoms with E-state index in [1.807, 2.05) is 36.2 Å². The fraction of sp³-hybridized carbons (Fsp3) is 0.688. The van der Waals surface area contributed by atoms with Crippen molar-refractivity contribution in [1.82, 2.24) is 32.9 Å². The minimum absolute atomic E-state index is 0.0584. The number of imidazole rings is 1. The summed E-state index contributed by atoms with van der Waals surface area (Å²) in [5.41, 5.74) is 0. The first-order chi connectivity index (χ1) is 12.5. The maximum Gasteiger partial charge on any atom is 0.281 e. The standard InChI is InChI=1S/C16H27N7O2S/c1-4-22(5-2)26(24,25)23-9-6-7-14(11-23)16-19-18-15(20(16)3)12-21-10-8-17-13-21/h8,10,13-14H,4-7,9,11-12H2,1-3H3. The van der Waals surface area contributed by atoms with Crippen LogP contribution in [0.25, 0.3) is 0 Å². The summed E-state index contributed by atoms with van der Waals surface area (Å²) in [6.45, 7) is 6.32. The Balaban J connectivity index is 1.77. The lowest BCUT2D eigenvalue weighted by Gasteiger charge is -2.34. The average Bonchev–Trinajstić information content (AvgIpc) is 3.27. The lowest BCUT2D eigenvalue weighted by molar-refractivity contribution is 0.280. The zero-order valence-corrected chi connectivity index (χ0v) is 16.4. The van der Waals surface area contributed by atoms with Crippen LogP contribution in [0.3, 0.4) is 0 Å². The molecule has 10 heteroatoms. The van der Waals surface area contributed by atoms with Crippen molar-refractivity contribution in [2.75, 3.05) is 26.2 Å². The predicted molar refractivity (Wildman–Crippen MR) is 97.7 cm³/mol. The normalized spacial score (nSPS) is 19.3. The Morgan fingerprint density at radius 1 is 1.27 bits per heavy atom. The summed E-state index contributed by atoms with van der Waals surface area (Å²) in [6.07, 6.45) is 7.10. The summed E-state index contributed by atoms with van der Waals surface area (Å²) in [4.78, 5) is 4.04. The lowest BCUT2D eigenvalue weighted by Crippen LogP contribution is -2.47. The van der Waals surface area contributed by atoms with Gasteiger partial charge in [-0.15, -0.1) is 10.2 Å². The van der Waals surface area contributed by atoms with Gasteiger partial charge < -0.3 is 9.13 Å². The molecular weight excluding hydrogens is 354 g/mol. The van der Waals surface area contributed by atoms with Crippen LogP contribution in [-0.4, -0.2) is 67.5 Å². The van der Waals surface area contributed by atoms with E-state index < -0.39 is 10.2 Å². The Bertz CT molecular complexity index is 812. The zero-order valence-electron chi connectivity index (χ0n) is 15.6. The van der Waals surface area contributed by atoms with E-state index in [4.69, 9.17) is 0 Å². The molecule has 0 aliphatic carbocycles. The van der Waals surface area contributed by atoms with Crippen molar-refractivity contribution >= 4 is 10.2 Å². The summed E-state index contributed by atoms with van der Waals surface area (Å²) in [7, 11) is -1.47. The first kappa shape index (κ1) is 19.0. The van der Waals surface area contributed by atoms with Gasteiger partial charge in [0, 0.05) is 51.5 Å². The Morgan fingerprint density at radius 2 is 2.04 bits per heavy atom. The summed E-state index contributed by atoms with van der Waals surface area (Å²) < 4.78 is 32.7. The van der Waals surface area contributed by atoms with Crippen molar-refractivity contribution in [2.45, 2.75) is 39.2 Å². The summed E-state index contributed by atoms with van der Waals surface area (Å²) in [5, 5.41) is 8.67. The molecule has 0 radical (unpaired) electrons. The highest BCUT2D eigenvalue weighted by molar-refractivity contribution is 7.86. The molecule has 0 saturated carbocycles. The largest absolute Gasteiger partial charge is 0.330 e. The summed E-state index contributed by atoms with van der Waals surface area (Å²) in [6, 6.07) is 0. The van der Waals surface area contributed by atoms with Crippen LogP contribution in [0.15, 0.2) is 18.7 Å². The molecule has 9 nitrogen and oxygen atoms in total. The third-order valence-electron chi connectivity index (χ3n) is 4.99. The van der Waals surface area contributed by atoms with Gasteiger partial charge >= 0.3 is 0 Å². The van der Waals surface area contributed by atoms with E-state index in [0.717, 1.165) is 24.5 Å². The van der Waals surface area contributed by atoms with Crippen molar-refractivity contribution in [2.24, 2.45) is 7.05 Å². The van der Waals surface area contributed by atoms with Crippen LogP contribution >= 0.6 is 0 Å². The molecule has 1 aliphatic rings. The molecule has 1 atom stereocenters. The van der Waals surface area contributed by atoms with Gasteiger partial charge in [-0.1, -0.05) is 13.8 Å². The van der Waals surface area contributed by atoms with Crippen molar-refractivity contribution in [3.8, 4) is 0 Å². The van der Waals surface area contributed by atoms with Gasteiger partial charge in [-0.2, -0.15) is 17.0 Å². The number of rotatable bonds is 7. The molecule has 0 spiro atoms. The van der Waals surface area contributed by atoms with E-state index in [0.29, 0.717) is 32.7 Å². The SMILES string of the molecule is CCN(CC)S(=O)(=O)N1CCCC(c2nnc(Cn3ccnc3)n2C)C1. The molecule has 2 aromatic heterocycles. The molecule has 0 amide bonds. The van der Waals surface area contributed by atoms with Gasteiger partial charge in [-0.3, -0.25) is 0 Å². The second-order valence-electron chi connectivity index (χ2n) is 6.56. The van der Waals surface area contributed by atoms with Crippen LogP contribution in [-0.2, 0) is 23.8 Å². The quantitative estimate of drug-likeness (QED) is 0.709. The van der Waals surface area contributed by atoms with E-state index in [2.05, 4.69) is 15.2 Å². The van der Waals surface area contributed by atoms with Gasteiger partial charge in [0.2, 0.25) is 0 Å². The zero-order chi connectivity index (χ0) is 18.7. The molecular formula is C16H27N7O2S.